The van der Waals surface area contributed by atoms with Gasteiger partial charge in [0.1, 0.15) is 6.07 Å². The van der Waals surface area contributed by atoms with Gasteiger partial charge in [-0.15, -0.1) is 5.10 Å². The van der Waals surface area contributed by atoms with Crippen LogP contribution in [0.5, 0.6) is 0 Å². The van der Waals surface area contributed by atoms with E-state index in [-0.39, 0.29) is 5.95 Å². The Bertz CT molecular complexity index is 1480. The molecule has 3 N–H and O–H groups in total. The Labute approximate surface area is 232 Å². The number of imidazole rings is 1. The summed E-state index contributed by atoms with van der Waals surface area (Å²) < 4.78 is 1.46. The Morgan fingerprint density at radius 3 is 2.49 bits per heavy atom. The van der Waals surface area contributed by atoms with Gasteiger partial charge in [-0.25, -0.2) is 4.98 Å². The fourth-order valence-electron chi connectivity index (χ4n) is 5.50. The van der Waals surface area contributed by atoms with Crippen molar-refractivity contribution in [2.45, 2.75) is 57.2 Å². The number of aliphatic hydroxyl groups is 1. The molecule has 1 saturated carbocycles. The molecular formula is C27H31ClN10O. The minimum absolute atomic E-state index is 0.249. The van der Waals surface area contributed by atoms with E-state index in [0.717, 1.165) is 57.5 Å². The number of nitrogens with one attached hydrogen (secondary N) is 2. The Morgan fingerprint density at radius 2 is 1.85 bits per heavy atom. The first kappa shape index (κ1) is 25.6. The van der Waals surface area contributed by atoms with E-state index >= 15 is 0 Å². The quantitative estimate of drug-likeness (QED) is 0.403. The summed E-state index contributed by atoms with van der Waals surface area (Å²) in [7, 11) is 0. The second kappa shape index (κ2) is 9.83. The lowest BCUT2D eigenvalue weighted by Gasteiger charge is -2.49. The Morgan fingerprint density at radius 1 is 1.10 bits per heavy atom. The molecule has 3 aromatic rings. The molecule has 0 bridgehead atoms. The van der Waals surface area contributed by atoms with E-state index in [9.17, 15) is 15.6 Å². The molecular weight excluding hydrogens is 516 g/mol. The van der Waals surface area contributed by atoms with Gasteiger partial charge in [-0.05, 0) is 70.7 Å². The number of piperidine rings is 1. The number of benzene rings is 1. The van der Waals surface area contributed by atoms with Crippen molar-refractivity contribution in [1.29, 1.82) is 10.5 Å². The molecule has 12 heteroatoms. The van der Waals surface area contributed by atoms with Crippen LogP contribution in [0, 0.1) is 28.6 Å². The van der Waals surface area contributed by atoms with E-state index < -0.39 is 5.60 Å². The molecule has 39 heavy (non-hydrogen) atoms. The van der Waals surface area contributed by atoms with Crippen LogP contribution in [0.4, 0.5) is 23.1 Å². The standard InChI is InChI=1S/C27H31ClN10O/c1-27(2,39)17-5-7-36(8-6-17)20-14-37(15-20)22-10-16(11-29)9-21(23(22)28)33-26-34-24(32-18-3-4-18)25-31-13-19(12-30)38(25)35-26/h9-10,13,17-18,20,39H,3-8,14-15H2,1-2H3,(H2,32,33,34,35). The molecule has 2 aliphatic heterocycles. The van der Waals surface area contributed by atoms with E-state index in [1.165, 1.54) is 10.7 Å². The van der Waals surface area contributed by atoms with Crippen molar-refractivity contribution in [2.75, 3.05) is 41.7 Å². The van der Waals surface area contributed by atoms with E-state index in [0.29, 0.717) is 51.4 Å². The van der Waals surface area contributed by atoms with Crippen LogP contribution in [-0.2, 0) is 0 Å². The zero-order valence-corrected chi connectivity index (χ0v) is 22.8. The first-order valence-electron chi connectivity index (χ1n) is 13.4. The zero-order chi connectivity index (χ0) is 27.3. The summed E-state index contributed by atoms with van der Waals surface area (Å²) in [6.45, 7) is 7.39. The Kier molecular flexibility index (Phi) is 6.46. The maximum atomic E-state index is 10.4. The Hall–Kier alpha value is -3.64. The van der Waals surface area contributed by atoms with E-state index in [2.05, 4.69) is 47.6 Å². The van der Waals surface area contributed by atoms with Crippen molar-refractivity contribution in [3.63, 3.8) is 0 Å². The molecule has 202 valence electrons. The molecule has 0 spiro atoms. The number of likely N-dealkylation sites (tertiary alicyclic amines) is 1. The second-order valence-electron chi connectivity index (χ2n) is 11.3. The van der Waals surface area contributed by atoms with Crippen LogP contribution in [0.15, 0.2) is 18.3 Å². The molecule has 0 atom stereocenters. The first-order chi connectivity index (χ1) is 18.7. The molecule has 3 aliphatic rings. The third-order valence-electron chi connectivity index (χ3n) is 8.07. The van der Waals surface area contributed by atoms with Gasteiger partial charge < -0.3 is 20.6 Å². The van der Waals surface area contributed by atoms with Crippen LogP contribution in [0.2, 0.25) is 5.02 Å². The summed E-state index contributed by atoms with van der Waals surface area (Å²) in [5.41, 5.74) is 1.94. The first-order valence-corrected chi connectivity index (χ1v) is 13.8. The molecule has 2 aromatic heterocycles. The molecule has 0 unspecified atom stereocenters. The number of halogens is 1. The lowest BCUT2D eigenvalue weighted by Crippen LogP contribution is -2.61. The highest BCUT2D eigenvalue weighted by atomic mass is 35.5. The number of nitrogens with zero attached hydrogens (tertiary/aromatic N) is 8. The van der Waals surface area contributed by atoms with Gasteiger partial charge in [0.05, 0.1) is 39.8 Å². The molecule has 1 aromatic carbocycles. The lowest BCUT2D eigenvalue weighted by atomic mass is 9.82. The van der Waals surface area contributed by atoms with Crippen molar-refractivity contribution in [2.24, 2.45) is 5.92 Å². The van der Waals surface area contributed by atoms with Crippen LogP contribution in [-0.4, -0.2) is 73.5 Å². The van der Waals surface area contributed by atoms with Crippen molar-refractivity contribution in [1.82, 2.24) is 24.5 Å². The minimum atomic E-state index is -0.636. The van der Waals surface area contributed by atoms with Crippen molar-refractivity contribution in [3.05, 3.63) is 34.6 Å². The predicted molar refractivity (Wildman–Crippen MR) is 148 cm³/mol. The number of aromatic nitrogens is 4. The summed E-state index contributed by atoms with van der Waals surface area (Å²) in [6.07, 6.45) is 5.56. The molecule has 2 saturated heterocycles. The number of hydrogen-bond acceptors (Lipinski definition) is 10. The van der Waals surface area contributed by atoms with Crippen molar-refractivity contribution < 1.29 is 5.11 Å². The summed E-state index contributed by atoms with van der Waals surface area (Å²) in [5, 5.41) is 41.1. The summed E-state index contributed by atoms with van der Waals surface area (Å²) >= 11 is 6.89. The Balaban J connectivity index is 1.21. The number of rotatable bonds is 7. The molecule has 6 rings (SSSR count). The predicted octanol–water partition coefficient (Wildman–Crippen LogP) is 3.51. The van der Waals surface area contributed by atoms with Crippen molar-refractivity contribution >= 4 is 40.4 Å². The lowest BCUT2D eigenvalue weighted by molar-refractivity contribution is -0.0207. The van der Waals surface area contributed by atoms with Gasteiger partial charge >= 0.3 is 0 Å². The van der Waals surface area contributed by atoms with E-state index in [1.807, 2.05) is 19.9 Å². The average Bonchev–Trinajstić information content (AvgIpc) is 3.60. The second-order valence-corrected chi connectivity index (χ2v) is 11.7. The highest BCUT2D eigenvalue weighted by Gasteiger charge is 2.38. The average molecular weight is 547 g/mol. The highest BCUT2D eigenvalue weighted by Crippen LogP contribution is 2.39. The number of fused-ring (bicyclic) bond motifs is 1. The largest absolute Gasteiger partial charge is 0.390 e. The smallest absolute Gasteiger partial charge is 0.247 e. The fourth-order valence-corrected chi connectivity index (χ4v) is 5.77. The van der Waals surface area contributed by atoms with Crippen LogP contribution in [0.1, 0.15) is 50.8 Å². The summed E-state index contributed by atoms with van der Waals surface area (Å²) in [6, 6.07) is 8.59. The van der Waals surface area contributed by atoms with Gasteiger partial charge in [-0.1, -0.05) is 11.6 Å². The molecule has 3 fully saturated rings. The number of anilines is 4. The van der Waals surface area contributed by atoms with Crippen LogP contribution >= 0.6 is 11.6 Å². The maximum Gasteiger partial charge on any atom is 0.247 e. The number of nitriles is 2. The van der Waals surface area contributed by atoms with Gasteiger partial charge in [0.25, 0.3) is 0 Å². The summed E-state index contributed by atoms with van der Waals surface area (Å²) in [4.78, 5) is 13.6. The third kappa shape index (κ3) is 5.06. The monoisotopic (exact) mass is 546 g/mol. The van der Waals surface area contributed by atoms with Gasteiger partial charge in [-0.2, -0.15) is 20.0 Å². The molecule has 0 amide bonds. The van der Waals surface area contributed by atoms with E-state index in [1.54, 1.807) is 6.07 Å². The van der Waals surface area contributed by atoms with Crippen LogP contribution in [0.25, 0.3) is 5.65 Å². The topological polar surface area (TPSA) is 141 Å². The molecule has 11 nitrogen and oxygen atoms in total. The van der Waals surface area contributed by atoms with E-state index in [4.69, 9.17) is 11.6 Å². The third-order valence-corrected chi connectivity index (χ3v) is 8.47. The minimum Gasteiger partial charge on any atom is -0.390 e. The molecule has 4 heterocycles. The molecule has 0 radical (unpaired) electrons. The van der Waals surface area contributed by atoms with Crippen molar-refractivity contribution in [3.8, 4) is 12.1 Å². The zero-order valence-electron chi connectivity index (χ0n) is 22.0. The molecule has 1 aliphatic carbocycles. The van der Waals surface area contributed by atoms with Gasteiger partial charge in [0.15, 0.2) is 17.2 Å². The van der Waals surface area contributed by atoms with Crippen LogP contribution < -0.4 is 15.5 Å². The fraction of sp³-hybridized carbons (Fsp3) is 0.519. The highest BCUT2D eigenvalue weighted by molar-refractivity contribution is 6.36. The van der Waals surface area contributed by atoms with Gasteiger partial charge in [0, 0.05) is 25.2 Å². The van der Waals surface area contributed by atoms with Crippen LogP contribution in [0.3, 0.4) is 0 Å². The summed E-state index contributed by atoms with van der Waals surface area (Å²) in [5.74, 6) is 1.12. The normalized spacial score (nSPS) is 19.0. The maximum absolute atomic E-state index is 10.4. The van der Waals surface area contributed by atoms with Gasteiger partial charge in [0.2, 0.25) is 5.95 Å². The SMILES string of the molecule is CC(C)(O)C1CCN(C2CN(c3cc(C#N)cc(Nc4nc(NC5CC5)c5ncc(C#N)n5n4)c3Cl)C2)CC1. The number of hydrogen-bond donors (Lipinski definition) is 3. The van der Waals surface area contributed by atoms with Gasteiger partial charge in [-0.3, -0.25) is 4.90 Å².